The second-order valence-electron chi connectivity index (χ2n) is 3.30. The van der Waals surface area contributed by atoms with Crippen molar-refractivity contribution in [3.63, 3.8) is 0 Å². The van der Waals surface area contributed by atoms with Gasteiger partial charge in [-0.15, -0.1) is 0 Å². The second-order valence-corrected chi connectivity index (χ2v) is 3.69. The molecule has 0 atom stereocenters. The van der Waals surface area contributed by atoms with Crippen LogP contribution >= 0.6 is 11.6 Å². The first-order valence-corrected chi connectivity index (χ1v) is 5.09. The van der Waals surface area contributed by atoms with E-state index < -0.39 is 0 Å². The van der Waals surface area contributed by atoms with Crippen LogP contribution in [0.1, 0.15) is 5.82 Å². The number of benzene rings is 1. The van der Waals surface area contributed by atoms with E-state index in [9.17, 15) is 4.39 Å². The Morgan fingerprint density at radius 2 is 2.31 bits per heavy atom. The number of hydrogen-bond donors (Lipinski definition) is 0. The highest BCUT2D eigenvalue weighted by Gasteiger charge is 2.05. The Morgan fingerprint density at radius 1 is 1.50 bits per heavy atom. The SMILES string of the molecule is Cn1c(Cl)cnc1COc1cccc(F)c1. The summed E-state index contributed by atoms with van der Waals surface area (Å²) in [5.74, 6) is 0.837. The third-order valence-corrected chi connectivity index (χ3v) is 2.54. The van der Waals surface area contributed by atoms with Crippen molar-refractivity contribution in [3.8, 4) is 5.75 Å². The van der Waals surface area contributed by atoms with Gasteiger partial charge in [-0.2, -0.15) is 0 Å². The molecule has 0 aliphatic carbocycles. The molecule has 16 heavy (non-hydrogen) atoms. The molecule has 0 amide bonds. The van der Waals surface area contributed by atoms with Gasteiger partial charge in [0.05, 0.1) is 6.20 Å². The van der Waals surface area contributed by atoms with Crippen molar-refractivity contribution < 1.29 is 9.13 Å². The van der Waals surface area contributed by atoms with Crippen molar-refractivity contribution in [1.29, 1.82) is 0 Å². The van der Waals surface area contributed by atoms with Crippen molar-refractivity contribution in [1.82, 2.24) is 9.55 Å². The highest BCUT2D eigenvalue weighted by molar-refractivity contribution is 6.29. The van der Waals surface area contributed by atoms with E-state index in [1.807, 2.05) is 0 Å². The van der Waals surface area contributed by atoms with E-state index >= 15 is 0 Å². The third kappa shape index (κ3) is 2.33. The minimum atomic E-state index is -0.324. The quantitative estimate of drug-likeness (QED) is 0.825. The molecule has 1 heterocycles. The average Bonchev–Trinajstić information content (AvgIpc) is 2.57. The van der Waals surface area contributed by atoms with E-state index in [0.717, 1.165) is 0 Å². The smallest absolute Gasteiger partial charge is 0.147 e. The van der Waals surface area contributed by atoms with Crippen LogP contribution in [0.25, 0.3) is 0 Å². The van der Waals surface area contributed by atoms with Crippen LogP contribution in [-0.2, 0) is 13.7 Å². The lowest BCUT2D eigenvalue weighted by molar-refractivity contribution is 0.290. The fourth-order valence-electron chi connectivity index (χ4n) is 1.26. The first kappa shape index (κ1) is 11.0. The number of nitrogens with zero attached hydrogens (tertiary/aromatic N) is 2. The maximum Gasteiger partial charge on any atom is 0.147 e. The molecule has 0 aliphatic rings. The molecule has 5 heteroatoms. The van der Waals surface area contributed by atoms with Crippen LogP contribution in [0.5, 0.6) is 5.75 Å². The van der Waals surface area contributed by atoms with Crippen LogP contribution in [0.2, 0.25) is 5.15 Å². The van der Waals surface area contributed by atoms with E-state index in [0.29, 0.717) is 16.7 Å². The van der Waals surface area contributed by atoms with Crippen LogP contribution in [-0.4, -0.2) is 9.55 Å². The van der Waals surface area contributed by atoms with Crippen LogP contribution < -0.4 is 4.74 Å². The van der Waals surface area contributed by atoms with Gasteiger partial charge in [0, 0.05) is 13.1 Å². The van der Waals surface area contributed by atoms with Crippen molar-refractivity contribution in [2.45, 2.75) is 6.61 Å². The zero-order chi connectivity index (χ0) is 11.5. The van der Waals surface area contributed by atoms with Gasteiger partial charge in [0.2, 0.25) is 0 Å². The molecule has 0 radical (unpaired) electrons. The number of hydrogen-bond acceptors (Lipinski definition) is 2. The predicted octanol–water partition coefficient (Wildman–Crippen LogP) is 2.79. The van der Waals surface area contributed by atoms with Gasteiger partial charge in [-0.1, -0.05) is 17.7 Å². The summed E-state index contributed by atoms with van der Waals surface area (Å²) in [5, 5.41) is 0.540. The van der Waals surface area contributed by atoms with Crippen LogP contribution in [0.4, 0.5) is 4.39 Å². The Kier molecular flexibility index (Phi) is 3.10. The van der Waals surface area contributed by atoms with Crippen molar-refractivity contribution in [3.05, 3.63) is 47.3 Å². The summed E-state index contributed by atoms with van der Waals surface area (Å²) in [7, 11) is 1.79. The predicted molar refractivity (Wildman–Crippen MR) is 59.0 cm³/mol. The molecule has 0 unspecified atom stereocenters. The largest absolute Gasteiger partial charge is 0.486 e. The highest BCUT2D eigenvalue weighted by Crippen LogP contribution is 2.15. The Morgan fingerprint density at radius 3 is 2.94 bits per heavy atom. The van der Waals surface area contributed by atoms with E-state index in [2.05, 4.69) is 4.98 Å². The fourth-order valence-corrected chi connectivity index (χ4v) is 1.41. The first-order valence-electron chi connectivity index (χ1n) is 4.71. The second kappa shape index (κ2) is 4.53. The lowest BCUT2D eigenvalue weighted by atomic mass is 10.3. The van der Waals surface area contributed by atoms with E-state index in [1.54, 1.807) is 29.9 Å². The van der Waals surface area contributed by atoms with Crippen molar-refractivity contribution in [2.24, 2.45) is 7.05 Å². The highest BCUT2D eigenvalue weighted by atomic mass is 35.5. The molecule has 0 aliphatic heterocycles. The molecule has 0 saturated heterocycles. The van der Waals surface area contributed by atoms with E-state index in [1.165, 1.54) is 12.1 Å². The summed E-state index contributed by atoms with van der Waals surface area (Å²) in [5.41, 5.74) is 0. The summed E-state index contributed by atoms with van der Waals surface area (Å²) >= 11 is 5.82. The Labute approximate surface area is 97.4 Å². The van der Waals surface area contributed by atoms with Gasteiger partial charge in [0.15, 0.2) is 0 Å². The zero-order valence-corrected chi connectivity index (χ0v) is 9.41. The first-order chi connectivity index (χ1) is 7.66. The van der Waals surface area contributed by atoms with Crippen LogP contribution in [0, 0.1) is 5.82 Å². The zero-order valence-electron chi connectivity index (χ0n) is 8.65. The fraction of sp³-hybridized carbons (Fsp3) is 0.182. The minimum absolute atomic E-state index is 0.257. The third-order valence-electron chi connectivity index (χ3n) is 2.19. The summed E-state index contributed by atoms with van der Waals surface area (Å²) in [6, 6.07) is 5.97. The lowest BCUT2D eigenvalue weighted by Crippen LogP contribution is -2.03. The molecule has 0 spiro atoms. The number of halogens is 2. The number of ether oxygens (including phenoxy) is 1. The van der Waals surface area contributed by atoms with Gasteiger partial charge in [0.1, 0.15) is 29.2 Å². The van der Waals surface area contributed by atoms with Gasteiger partial charge >= 0.3 is 0 Å². The topological polar surface area (TPSA) is 27.1 Å². The van der Waals surface area contributed by atoms with Gasteiger partial charge in [-0.05, 0) is 12.1 Å². The summed E-state index contributed by atoms with van der Waals surface area (Å²) in [6.45, 7) is 0.257. The maximum absolute atomic E-state index is 12.9. The normalized spacial score (nSPS) is 10.4. The molecule has 0 bridgehead atoms. The molecular weight excluding hydrogens is 231 g/mol. The lowest BCUT2D eigenvalue weighted by Gasteiger charge is -2.06. The van der Waals surface area contributed by atoms with Crippen molar-refractivity contribution in [2.75, 3.05) is 0 Å². The van der Waals surface area contributed by atoms with Gasteiger partial charge in [-0.3, -0.25) is 0 Å². The monoisotopic (exact) mass is 240 g/mol. The Bertz CT molecular complexity index is 498. The minimum Gasteiger partial charge on any atom is -0.486 e. The summed E-state index contributed by atoms with van der Waals surface area (Å²) < 4.78 is 19.9. The molecule has 3 nitrogen and oxygen atoms in total. The average molecular weight is 241 g/mol. The molecule has 2 aromatic rings. The maximum atomic E-state index is 12.9. The Hall–Kier alpha value is -1.55. The molecule has 1 aromatic heterocycles. The standard InChI is InChI=1S/C11H10ClFN2O/c1-15-10(12)6-14-11(15)7-16-9-4-2-3-8(13)5-9/h2-6H,7H2,1H3. The number of rotatable bonds is 3. The van der Waals surface area contributed by atoms with E-state index in [-0.39, 0.29) is 12.4 Å². The molecule has 2 rings (SSSR count). The summed E-state index contributed by atoms with van der Waals surface area (Å²) in [4.78, 5) is 4.07. The molecular formula is C11H10ClFN2O. The van der Waals surface area contributed by atoms with Gasteiger partial charge in [-0.25, -0.2) is 9.37 Å². The molecule has 1 aromatic carbocycles. The van der Waals surface area contributed by atoms with Gasteiger partial charge in [0.25, 0.3) is 0 Å². The molecule has 0 saturated carbocycles. The van der Waals surface area contributed by atoms with Crippen LogP contribution in [0.15, 0.2) is 30.5 Å². The molecule has 0 fully saturated rings. The Balaban J connectivity index is 2.05. The van der Waals surface area contributed by atoms with Crippen molar-refractivity contribution >= 4 is 11.6 Å². The van der Waals surface area contributed by atoms with Crippen LogP contribution in [0.3, 0.4) is 0 Å². The molecule has 84 valence electrons. The molecule has 0 N–H and O–H groups in total. The number of imidazole rings is 1. The van der Waals surface area contributed by atoms with Gasteiger partial charge < -0.3 is 9.30 Å². The summed E-state index contributed by atoms with van der Waals surface area (Å²) in [6.07, 6.45) is 1.55. The number of aromatic nitrogens is 2. The van der Waals surface area contributed by atoms with E-state index in [4.69, 9.17) is 16.3 Å².